The van der Waals surface area contributed by atoms with E-state index in [1.165, 1.54) is 5.56 Å². The lowest BCUT2D eigenvalue weighted by atomic mass is 9.75. The molecule has 2 aromatic carbocycles. The molecular formula is C20H19NO3. The maximum absolute atomic E-state index is 12.3. The van der Waals surface area contributed by atoms with Crippen LogP contribution in [0.15, 0.2) is 48.5 Å². The van der Waals surface area contributed by atoms with Crippen molar-refractivity contribution in [3.8, 4) is 0 Å². The van der Waals surface area contributed by atoms with Gasteiger partial charge >= 0.3 is 5.97 Å². The Kier molecular flexibility index (Phi) is 3.60. The minimum atomic E-state index is -0.946. The molecule has 2 aromatic rings. The second-order valence-corrected chi connectivity index (χ2v) is 6.64. The monoisotopic (exact) mass is 321 g/mol. The number of ketones is 1. The first-order valence-electron chi connectivity index (χ1n) is 8.34. The number of nitrogens with zero attached hydrogens (tertiary/aromatic N) is 1. The average Bonchev–Trinajstić information content (AvgIpc) is 2.61. The molecule has 1 fully saturated rings. The number of carboxylic acid groups (broad SMARTS) is 1. The molecule has 1 N–H and O–H groups in total. The van der Waals surface area contributed by atoms with Gasteiger partial charge in [0.25, 0.3) is 0 Å². The first-order valence-corrected chi connectivity index (χ1v) is 8.34. The van der Waals surface area contributed by atoms with Gasteiger partial charge in [-0.2, -0.15) is 0 Å². The lowest BCUT2D eigenvalue weighted by Gasteiger charge is -2.45. The fourth-order valence-electron chi connectivity index (χ4n) is 4.01. The van der Waals surface area contributed by atoms with Crippen LogP contribution in [0.4, 0.5) is 5.69 Å². The molecule has 1 saturated carbocycles. The maximum atomic E-state index is 12.3. The topological polar surface area (TPSA) is 57.6 Å². The lowest BCUT2D eigenvalue weighted by Crippen LogP contribution is -2.45. The van der Waals surface area contributed by atoms with Gasteiger partial charge in [-0.3, -0.25) is 4.79 Å². The van der Waals surface area contributed by atoms with Gasteiger partial charge in [0, 0.05) is 30.6 Å². The lowest BCUT2D eigenvalue weighted by molar-refractivity contribution is -0.122. The summed E-state index contributed by atoms with van der Waals surface area (Å²) in [6.07, 6.45) is 2.25. The molecule has 0 radical (unpaired) electrons. The number of rotatable bonds is 3. The Morgan fingerprint density at radius 2 is 1.96 bits per heavy atom. The van der Waals surface area contributed by atoms with Crippen LogP contribution >= 0.6 is 0 Å². The second-order valence-electron chi connectivity index (χ2n) is 6.64. The van der Waals surface area contributed by atoms with Crippen molar-refractivity contribution in [1.82, 2.24) is 0 Å². The highest BCUT2D eigenvalue weighted by atomic mass is 16.4. The zero-order valence-electron chi connectivity index (χ0n) is 13.3. The molecule has 1 heterocycles. The Bertz CT molecular complexity index is 800. The molecule has 2 atom stereocenters. The molecule has 4 heteroatoms. The van der Waals surface area contributed by atoms with Crippen LogP contribution in [-0.4, -0.2) is 22.9 Å². The van der Waals surface area contributed by atoms with E-state index in [1.807, 2.05) is 24.3 Å². The molecule has 0 saturated heterocycles. The first-order chi connectivity index (χ1) is 11.6. The van der Waals surface area contributed by atoms with Gasteiger partial charge in [-0.1, -0.05) is 30.3 Å². The molecule has 1 aliphatic heterocycles. The minimum Gasteiger partial charge on any atom is -0.478 e. The van der Waals surface area contributed by atoms with Crippen molar-refractivity contribution in [3.05, 3.63) is 65.2 Å². The summed E-state index contributed by atoms with van der Waals surface area (Å²) in [6, 6.07) is 15.8. The zero-order chi connectivity index (χ0) is 16.7. The zero-order valence-corrected chi connectivity index (χ0v) is 13.3. The molecule has 2 bridgehead atoms. The summed E-state index contributed by atoms with van der Waals surface area (Å²) in [6.45, 7) is 0.784. The number of hydrogen-bond acceptors (Lipinski definition) is 3. The van der Waals surface area contributed by atoms with E-state index in [9.17, 15) is 14.7 Å². The quantitative estimate of drug-likeness (QED) is 0.938. The molecule has 4 nitrogen and oxygen atoms in total. The molecule has 0 spiro atoms. The third-order valence-corrected chi connectivity index (χ3v) is 5.22. The van der Waals surface area contributed by atoms with Crippen LogP contribution in [0.5, 0.6) is 0 Å². The molecule has 24 heavy (non-hydrogen) atoms. The van der Waals surface area contributed by atoms with Crippen LogP contribution in [0.25, 0.3) is 0 Å². The smallest absolute Gasteiger partial charge is 0.335 e. The summed E-state index contributed by atoms with van der Waals surface area (Å²) in [5.74, 6) is -0.850. The Labute approximate surface area is 140 Å². The number of carbonyl (C=O) groups excluding carboxylic acids is 1. The third-order valence-electron chi connectivity index (χ3n) is 5.22. The van der Waals surface area contributed by atoms with Crippen molar-refractivity contribution < 1.29 is 14.7 Å². The van der Waals surface area contributed by atoms with Gasteiger partial charge in [0.15, 0.2) is 0 Å². The Morgan fingerprint density at radius 1 is 1.17 bits per heavy atom. The maximum Gasteiger partial charge on any atom is 0.335 e. The van der Waals surface area contributed by atoms with E-state index in [4.69, 9.17) is 0 Å². The standard InChI is InChI=1S/C20H19NO3/c22-19-9-7-15-11-17(19)16-10-14(20(23)24)6-8-18(16)21(15)12-13-4-2-1-3-5-13/h1-6,8,10,15,17H,7,9,11-12H2,(H,23,24)/t15-,17+/m1/s1. The number of Topliss-reactive ketones (excluding diaryl/α,β-unsaturated/α-hetero) is 1. The summed E-state index contributed by atoms with van der Waals surface area (Å²) in [7, 11) is 0. The van der Waals surface area contributed by atoms with E-state index in [0.29, 0.717) is 12.5 Å². The SMILES string of the molecule is O=C(O)c1ccc2c(c1)[C@@H]1C[C@@H](CCC1=O)N2Cc1ccccc1. The van der Waals surface area contributed by atoms with Gasteiger partial charge in [-0.15, -0.1) is 0 Å². The normalized spacial score (nSPS) is 22.2. The molecule has 2 aliphatic rings. The van der Waals surface area contributed by atoms with Crippen molar-refractivity contribution >= 4 is 17.4 Å². The highest BCUT2D eigenvalue weighted by Gasteiger charge is 2.39. The number of hydrogen-bond donors (Lipinski definition) is 1. The fraction of sp³-hybridized carbons (Fsp3) is 0.300. The molecule has 0 amide bonds. The summed E-state index contributed by atoms with van der Waals surface area (Å²) in [5.41, 5.74) is 3.37. The van der Waals surface area contributed by atoms with Gasteiger partial charge in [0.05, 0.1) is 5.56 Å². The van der Waals surface area contributed by atoms with E-state index >= 15 is 0 Å². The van der Waals surface area contributed by atoms with E-state index in [0.717, 1.165) is 30.6 Å². The van der Waals surface area contributed by atoms with Crippen molar-refractivity contribution in [2.24, 2.45) is 0 Å². The first kappa shape index (κ1) is 14.9. The molecule has 4 rings (SSSR count). The number of anilines is 1. The van der Waals surface area contributed by atoms with Gasteiger partial charge < -0.3 is 10.0 Å². The summed E-state index contributed by atoms with van der Waals surface area (Å²) in [4.78, 5) is 26.0. The summed E-state index contributed by atoms with van der Waals surface area (Å²) in [5, 5.41) is 9.28. The van der Waals surface area contributed by atoms with Crippen molar-refractivity contribution in [1.29, 1.82) is 0 Å². The molecule has 1 aliphatic carbocycles. The van der Waals surface area contributed by atoms with Crippen LogP contribution in [-0.2, 0) is 11.3 Å². The highest BCUT2D eigenvalue weighted by Crippen LogP contribution is 2.44. The van der Waals surface area contributed by atoms with E-state index in [-0.39, 0.29) is 17.3 Å². The van der Waals surface area contributed by atoms with E-state index in [2.05, 4.69) is 17.0 Å². The predicted molar refractivity (Wildman–Crippen MR) is 91.4 cm³/mol. The van der Waals surface area contributed by atoms with E-state index in [1.54, 1.807) is 12.1 Å². The van der Waals surface area contributed by atoms with Crippen LogP contribution in [0.3, 0.4) is 0 Å². The van der Waals surface area contributed by atoms with Crippen LogP contribution in [0.2, 0.25) is 0 Å². The van der Waals surface area contributed by atoms with Crippen LogP contribution in [0, 0.1) is 0 Å². The van der Waals surface area contributed by atoms with Crippen molar-refractivity contribution in [2.45, 2.75) is 37.8 Å². The average molecular weight is 321 g/mol. The van der Waals surface area contributed by atoms with Gasteiger partial charge in [-0.05, 0) is 42.2 Å². The van der Waals surface area contributed by atoms with Gasteiger partial charge in [-0.25, -0.2) is 4.79 Å². The van der Waals surface area contributed by atoms with Crippen LogP contribution in [0.1, 0.15) is 46.7 Å². The summed E-state index contributed by atoms with van der Waals surface area (Å²) >= 11 is 0. The van der Waals surface area contributed by atoms with E-state index < -0.39 is 5.97 Å². The molecular weight excluding hydrogens is 302 g/mol. The number of carboxylic acids is 1. The number of benzene rings is 2. The molecule has 0 unspecified atom stereocenters. The van der Waals surface area contributed by atoms with Crippen molar-refractivity contribution in [3.63, 3.8) is 0 Å². The predicted octanol–water partition coefficient (Wildman–Crippen LogP) is 3.61. The third kappa shape index (κ3) is 2.48. The number of fused-ring (bicyclic) bond motifs is 4. The Morgan fingerprint density at radius 3 is 2.71 bits per heavy atom. The fourth-order valence-corrected chi connectivity index (χ4v) is 4.01. The molecule has 122 valence electrons. The van der Waals surface area contributed by atoms with Gasteiger partial charge in [0.1, 0.15) is 5.78 Å². The Hall–Kier alpha value is -2.62. The minimum absolute atomic E-state index is 0.148. The summed E-state index contributed by atoms with van der Waals surface area (Å²) < 4.78 is 0. The van der Waals surface area contributed by atoms with Crippen molar-refractivity contribution in [2.75, 3.05) is 4.90 Å². The molecule has 0 aromatic heterocycles. The van der Waals surface area contributed by atoms with Crippen LogP contribution < -0.4 is 4.90 Å². The van der Waals surface area contributed by atoms with Gasteiger partial charge in [0.2, 0.25) is 0 Å². The number of carbonyl (C=O) groups is 2. The highest BCUT2D eigenvalue weighted by molar-refractivity contribution is 5.93. The second kappa shape index (κ2) is 5.78. The Balaban J connectivity index is 1.78. The largest absolute Gasteiger partial charge is 0.478 e. The number of aromatic carboxylic acids is 1.